The van der Waals surface area contributed by atoms with E-state index in [2.05, 4.69) is 10.2 Å². The summed E-state index contributed by atoms with van der Waals surface area (Å²) in [6, 6.07) is 9.97. The molecule has 0 radical (unpaired) electrons. The average molecular weight is 331 g/mol. The maximum absolute atomic E-state index is 10.9. The van der Waals surface area contributed by atoms with Gasteiger partial charge >= 0.3 is 0 Å². The lowest BCUT2D eigenvalue weighted by Crippen LogP contribution is -2.11. The number of aromatic nitrogens is 3. The molecule has 118 valence electrons. The molecule has 0 saturated carbocycles. The SMILES string of the molecule is CC(Sc1nnc(-c2ccco2)n1N)c1cccc([N+](=O)[O-])c1. The minimum Gasteiger partial charge on any atom is -0.461 e. The van der Waals surface area contributed by atoms with Crippen LogP contribution in [0, 0.1) is 10.1 Å². The number of nitro groups is 1. The van der Waals surface area contributed by atoms with Crippen LogP contribution in [0.2, 0.25) is 0 Å². The summed E-state index contributed by atoms with van der Waals surface area (Å²) in [5.74, 6) is 6.94. The predicted octanol–water partition coefficient (Wildman–Crippen LogP) is 3.01. The molecule has 3 rings (SSSR count). The minimum absolute atomic E-state index is 0.0560. The topological polar surface area (TPSA) is 113 Å². The fourth-order valence-corrected chi connectivity index (χ4v) is 2.94. The van der Waals surface area contributed by atoms with Gasteiger partial charge in [0.05, 0.1) is 11.2 Å². The Morgan fingerprint density at radius 2 is 2.17 bits per heavy atom. The number of non-ortho nitro benzene ring substituents is 1. The van der Waals surface area contributed by atoms with E-state index in [1.165, 1.54) is 28.8 Å². The van der Waals surface area contributed by atoms with E-state index in [1.54, 1.807) is 24.3 Å². The van der Waals surface area contributed by atoms with Crippen LogP contribution in [0.5, 0.6) is 0 Å². The summed E-state index contributed by atoms with van der Waals surface area (Å²) < 4.78 is 6.60. The highest BCUT2D eigenvalue weighted by Crippen LogP contribution is 2.35. The molecular weight excluding hydrogens is 318 g/mol. The van der Waals surface area contributed by atoms with E-state index in [0.717, 1.165) is 5.56 Å². The third kappa shape index (κ3) is 3.04. The molecule has 9 heteroatoms. The van der Waals surface area contributed by atoms with Crippen LogP contribution in [0.1, 0.15) is 17.7 Å². The van der Waals surface area contributed by atoms with Gasteiger partial charge in [-0.1, -0.05) is 23.9 Å². The monoisotopic (exact) mass is 331 g/mol. The van der Waals surface area contributed by atoms with Crippen molar-refractivity contribution in [2.24, 2.45) is 0 Å². The second kappa shape index (κ2) is 6.13. The Morgan fingerprint density at radius 3 is 2.87 bits per heavy atom. The Morgan fingerprint density at radius 1 is 1.35 bits per heavy atom. The minimum atomic E-state index is -0.415. The van der Waals surface area contributed by atoms with E-state index >= 15 is 0 Å². The highest BCUT2D eigenvalue weighted by Gasteiger charge is 2.18. The van der Waals surface area contributed by atoms with Crippen LogP contribution in [-0.2, 0) is 0 Å². The standard InChI is InChI=1S/C14H13N5O3S/c1-9(10-4-2-5-11(8-10)19(20)21)23-14-17-16-13(18(14)15)12-6-3-7-22-12/h2-9H,15H2,1H3. The fourth-order valence-electron chi connectivity index (χ4n) is 2.05. The van der Waals surface area contributed by atoms with Gasteiger partial charge in [0.1, 0.15) is 0 Å². The number of rotatable bonds is 5. The number of benzene rings is 1. The lowest BCUT2D eigenvalue weighted by Gasteiger charge is -2.10. The molecular formula is C14H13N5O3S. The Balaban J connectivity index is 1.82. The van der Waals surface area contributed by atoms with Crippen molar-refractivity contribution in [2.75, 3.05) is 5.84 Å². The Bertz CT molecular complexity index is 831. The van der Waals surface area contributed by atoms with Crippen molar-refractivity contribution in [1.82, 2.24) is 14.9 Å². The number of hydrogen-bond donors (Lipinski definition) is 1. The maximum Gasteiger partial charge on any atom is 0.269 e. The molecule has 8 nitrogen and oxygen atoms in total. The number of nitrogens with two attached hydrogens (primary N) is 1. The van der Waals surface area contributed by atoms with Gasteiger partial charge in [0.25, 0.3) is 5.69 Å². The number of furan rings is 1. The molecule has 1 aromatic carbocycles. The van der Waals surface area contributed by atoms with Crippen LogP contribution in [0.25, 0.3) is 11.6 Å². The molecule has 0 spiro atoms. The van der Waals surface area contributed by atoms with Crippen LogP contribution in [0.4, 0.5) is 5.69 Å². The Hall–Kier alpha value is -2.81. The summed E-state index contributed by atoms with van der Waals surface area (Å²) in [5.41, 5.74) is 0.868. The van der Waals surface area contributed by atoms with Gasteiger partial charge < -0.3 is 10.3 Å². The van der Waals surface area contributed by atoms with Crippen molar-refractivity contribution in [2.45, 2.75) is 17.3 Å². The zero-order valence-electron chi connectivity index (χ0n) is 12.1. The molecule has 0 aliphatic rings. The maximum atomic E-state index is 10.9. The summed E-state index contributed by atoms with van der Waals surface area (Å²) in [6.45, 7) is 1.92. The molecule has 0 aliphatic carbocycles. The first-order chi connectivity index (χ1) is 11.1. The number of nitro benzene ring substituents is 1. The van der Waals surface area contributed by atoms with Gasteiger partial charge in [-0.05, 0) is 24.6 Å². The molecule has 2 heterocycles. The van der Waals surface area contributed by atoms with Crippen LogP contribution in [0.15, 0.2) is 52.2 Å². The van der Waals surface area contributed by atoms with Crippen molar-refractivity contribution in [3.63, 3.8) is 0 Å². The first-order valence-corrected chi connectivity index (χ1v) is 7.59. The summed E-state index contributed by atoms with van der Waals surface area (Å²) in [5, 5.41) is 19.4. The van der Waals surface area contributed by atoms with Gasteiger partial charge in [-0.15, -0.1) is 10.2 Å². The van der Waals surface area contributed by atoms with Crippen LogP contribution < -0.4 is 5.84 Å². The normalized spacial score (nSPS) is 12.2. The molecule has 23 heavy (non-hydrogen) atoms. The van der Waals surface area contributed by atoms with Gasteiger partial charge in [-0.2, -0.15) is 0 Å². The van der Waals surface area contributed by atoms with Gasteiger partial charge in [0.2, 0.25) is 11.0 Å². The quantitative estimate of drug-likeness (QED) is 0.331. The van der Waals surface area contributed by atoms with Gasteiger partial charge in [0.15, 0.2) is 5.76 Å². The molecule has 0 amide bonds. The number of nitrogens with zero attached hydrogens (tertiary/aromatic N) is 4. The fraction of sp³-hybridized carbons (Fsp3) is 0.143. The van der Waals surface area contributed by atoms with E-state index < -0.39 is 4.92 Å². The highest BCUT2D eigenvalue weighted by molar-refractivity contribution is 7.99. The Kier molecular flexibility index (Phi) is 4.02. The highest BCUT2D eigenvalue weighted by atomic mass is 32.2. The molecule has 0 aliphatic heterocycles. The first kappa shape index (κ1) is 15.1. The third-order valence-electron chi connectivity index (χ3n) is 3.24. The van der Waals surface area contributed by atoms with E-state index in [1.807, 2.05) is 13.0 Å². The second-order valence-corrected chi connectivity index (χ2v) is 6.07. The second-order valence-electron chi connectivity index (χ2n) is 4.77. The van der Waals surface area contributed by atoms with Gasteiger partial charge in [-0.25, -0.2) is 4.68 Å². The van der Waals surface area contributed by atoms with Crippen molar-refractivity contribution in [1.29, 1.82) is 0 Å². The van der Waals surface area contributed by atoms with Crippen molar-refractivity contribution in [3.8, 4) is 11.6 Å². The first-order valence-electron chi connectivity index (χ1n) is 6.71. The Labute approximate surface area is 135 Å². The molecule has 1 atom stereocenters. The summed E-state index contributed by atoms with van der Waals surface area (Å²) >= 11 is 1.36. The van der Waals surface area contributed by atoms with Crippen LogP contribution in [-0.4, -0.2) is 19.8 Å². The van der Waals surface area contributed by atoms with E-state index in [-0.39, 0.29) is 10.9 Å². The third-order valence-corrected chi connectivity index (χ3v) is 4.35. The number of hydrogen-bond acceptors (Lipinski definition) is 7. The van der Waals surface area contributed by atoms with E-state index in [0.29, 0.717) is 16.7 Å². The molecule has 1 unspecified atom stereocenters. The van der Waals surface area contributed by atoms with Crippen molar-refractivity contribution >= 4 is 17.4 Å². The summed E-state index contributed by atoms with van der Waals surface area (Å²) in [7, 11) is 0. The van der Waals surface area contributed by atoms with E-state index in [4.69, 9.17) is 10.3 Å². The van der Waals surface area contributed by atoms with Gasteiger partial charge in [-0.3, -0.25) is 10.1 Å². The lowest BCUT2D eigenvalue weighted by molar-refractivity contribution is -0.384. The molecule has 2 N–H and O–H groups in total. The predicted molar refractivity (Wildman–Crippen MR) is 85.2 cm³/mol. The molecule has 0 bridgehead atoms. The number of nitrogen functional groups attached to an aromatic ring is 1. The van der Waals surface area contributed by atoms with Crippen molar-refractivity contribution in [3.05, 3.63) is 58.3 Å². The summed E-state index contributed by atoms with van der Waals surface area (Å²) in [6.07, 6.45) is 1.53. The van der Waals surface area contributed by atoms with Crippen LogP contribution >= 0.6 is 11.8 Å². The van der Waals surface area contributed by atoms with Gasteiger partial charge in [0, 0.05) is 17.4 Å². The largest absolute Gasteiger partial charge is 0.461 e. The zero-order valence-corrected chi connectivity index (χ0v) is 12.9. The van der Waals surface area contributed by atoms with E-state index in [9.17, 15) is 10.1 Å². The lowest BCUT2D eigenvalue weighted by atomic mass is 10.1. The average Bonchev–Trinajstić information content (AvgIpc) is 3.18. The van der Waals surface area contributed by atoms with Crippen molar-refractivity contribution < 1.29 is 9.34 Å². The molecule has 0 fully saturated rings. The number of thioether (sulfide) groups is 1. The zero-order chi connectivity index (χ0) is 16.4. The van der Waals surface area contributed by atoms with Crippen LogP contribution in [0.3, 0.4) is 0 Å². The summed E-state index contributed by atoms with van der Waals surface area (Å²) in [4.78, 5) is 10.4. The molecule has 0 saturated heterocycles. The molecule has 2 aromatic heterocycles. The molecule has 3 aromatic rings. The smallest absolute Gasteiger partial charge is 0.269 e.